The first kappa shape index (κ1) is 10.0. The molecule has 1 heterocycles. The second-order valence-corrected chi connectivity index (χ2v) is 3.61. The third-order valence-corrected chi connectivity index (χ3v) is 2.12. The van der Waals surface area contributed by atoms with Crippen molar-refractivity contribution in [3.8, 4) is 11.5 Å². The Balaban J connectivity index is 2.62. The molecule has 7 heteroatoms. The lowest BCUT2D eigenvalue weighted by molar-refractivity contribution is 0.550. The highest BCUT2D eigenvalue weighted by Gasteiger charge is 2.18. The van der Waals surface area contributed by atoms with Gasteiger partial charge in [-0.25, -0.2) is 8.78 Å². The van der Waals surface area contributed by atoms with Gasteiger partial charge in [0, 0.05) is 4.47 Å². The van der Waals surface area contributed by atoms with Crippen LogP contribution in [-0.4, -0.2) is 10.2 Å². The molecule has 0 amide bonds. The number of hydrogen-bond donors (Lipinski definition) is 1. The second kappa shape index (κ2) is 3.58. The summed E-state index contributed by atoms with van der Waals surface area (Å²) in [5, 5.41) is 6.71. The Kier molecular flexibility index (Phi) is 2.39. The van der Waals surface area contributed by atoms with Gasteiger partial charge in [-0.2, -0.15) is 0 Å². The summed E-state index contributed by atoms with van der Waals surface area (Å²) in [6.45, 7) is 0. The number of rotatable bonds is 1. The van der Waals surface area contributed by atoms with E-state index in [1.807, 2.05) is 0 Å². The third kappa shape index (κ3) is 1.82. The molecule has 0 saturated heterocycles. The molecule has 15 heavy (non-hydrogen) atoms. The molecule has 1 aromatic heterocycles. The average Bonchev–Trinajstić information content (AvgIpc) is 2.49. The van der Waals surface area contributed by atoms with E-state index in [0.29, 0.717) is 0 Å². The first-order valence-electron chi connectivity index (χ1n) is 3.82. The molecule has 4 nitrogen and oxygen atoms in total. The maximum atomic E-state index is 13.4. The molecule has 0 radical (unpaired) electrons. The number of nitrogens with zero attached hydrogens (tertiary/aromatic N) is 2. The van der Waals surface area contributed by atoms with Gasteiger partial charge in [0.05, 0.1) is 0 Å². The first-order valence-corrected chi connectivity index (χ1v) is 4.61. The summed E-state index contributed by atoms with van der Waals surface area (Å²) in [5.74, 6) is -1.88. The van der Waals surface area contributed by atoms with E-state index < -0.39 is 11.6 Å². The van der Waals surface area contributed by atoms with Crippen molar-refractivity contribution in [3.05, 3.63) is 28.2 Å². The normalized spacial score (nSPS) is 10.6. The molecule has 0 atom stereocenters. The fraction of sp³-hybridized carbons (Fsp3) is 0. The summed E-state index contributed by atoms with van der Waals surface area (Å²) in [6.07, 6.45) is 0. The number of anilines is 1. The van der Waals surface area contributed by atoms with Gasteiger partial charge < -0.3 is 10.2 Å². The van der Waals surface area contributed by atoms with Crippen LogP contribution in [0.25, 0.3) is 11.5 Å². The van der Waals surface area contributed by atoms with Crippen LogP contribution in [0.4, 0.5) is 14.8 Å². The van der Waals surface area contributed by atoms with Crippen LogP contribution >= 0.6 is 15.9 Å². The van der Waals surface area contributed by atoms with Crippen molar-refractivity contribution in [2.24, 2.45) is 0 Å². The summed E-state index contributed by atoms with van der Waals surface area (Å²) < 4.78 is 31.8. The maximum absolute atomic E-state index is 13.4. The largest absolute Gasteiger partial charge is 0.403 e. The lowest BCUT2D eigenvalue weighted by Crippen LogP contribution is -1.90. The summed E-state index contributed by atoms with van der Waals surface area (Å²) in [5.41, 5.74) is 4.76. The molecule has 2 aromatic rings. The van der Waals surface area contributed by atoms with Crippen molar-refractivity contribution in [1.82, 2.24) is 10.2 Å². The number of halogens is 3. The van der Waals surface area contributed by atoms with Crippen molar-refractivity contribution >= 4 is 21.9 Å². The smallest absolute Gasteiger partial charge is 0.313 e. The van der Waals surface area contributed by atoms with E-state index in [-0.39, 0.29) is 21.9 Å². The number of aromatic nitrogens is 2. The molecule has 0 spiro atoms. The van der Waals surface area contributed by atoms with Gasteiger partial charge in [0.25, 0.3) is 5.89 Å². The predicted molar refractivity (Wildman–Crippen MR) is 51.8 cm³/mol. The lowest BCUT2D eigenvalue weighted by atomic mass is 10.2. The number of nitrogens with two attached hydrogens (primary N) is 1. The zero-order chi connectivity index (χ0) is 11.0. The quantitative estimate of drug-likeness (QED) is 0.868. The molecule has 0 saturated carbocycles. The summed E-state index contributed by atoms with van der Waals surface area (Å²) in [4.78, 5) is 0. The monoisotopic (exact) mass is 275 g/mol. The molecule has 0 bridgehead atoms. The van der Waals surface area contributed by atoms with Crippen LogP contribution in [-0.2, 0) is 0 Å². The van der Waals surface area contributed by atoms with Gasteiger partial charge in [-0.1, -0.05) is 21.0 Å². The Bertz CT molecular complexity index is 491. The summed E-state index contributed by atoms with van der Waals surface area (Å²) in [7, 11) is 0. The molecular formula is C8H4BrF2N3O. The molecule has 2 N–H and O–H groups in total. The molecule has 0 aliphatic rings. The summed E-state index contributed by atoms with van der Waals surface area (Å²) >= 11 is 2.95. The Morgan fingerprint density at radius 1 is 1.20 bits per heavy atom. The Morgan fingerprint density at radius 3 is 2.27 bits per heavy atom. The van der Waals surface area contributed by atoms with Crippen LogP contribution in [0.1, 0.15) is 0 Å². The predicted octanol–water partition coefficient (Wildman–Crippen LogP) is 2.36. The molecule has 0 fully saturated rings. The minimum atomic E-state index is -0.800. The fourth-order valence-corrected chi connectivity index (χ4v) is 1.48. The van der Waals surface area contributed by atoms with Gasteiger partial charge in [0.1, 0.15) is 17.2 Å². The van der Waals surface area contributed by atoms with Gasteiger partial charge in [0.2, 0.25) is 0 Å². The van der Waals surface area contributed by atoms with E-state index in [0.717, 1.165) is 12.1 Å². The van der Waals surface area contributed by atoms with E-state index in [1.165, 1.54) is 0 Å². The third-order valence-electron chi connectivity index (χ3n) is 1.66. The van der Waals surface area contributed by atoms with Crippen LogP contribution in [0.3, 0.4) is 0 Å². The molecule has 1 aromatic carbocycles. The zero-order valence-corrected chi connectivity index (χ0v) is 8.75. The Morgan fingerprint density at radius 2 is 1.80 bits per heavy atom. The van der Waals surface area contributed by atoms with Crippen molar-refractivity contribution < 1.29 is 13.2 Å². The van der Waals surface area contributed by atoms with Crippen LogP contribution in [0.5, 0.6) is 0 Å². The SMILES string of the molecule is Nc1nnc(-c2c(F)cc(Br)cc2F)o1. The molecule has 0 aliphatic heterocycles. The first-order chi connectivity index (χ1) is 7.08. The van der Waals surface area contributed by atoms with Crippen molar-refractivity contribution in [2.45, 2.75) is 0 Å². The molecule has 0 unspecified atom stereocenters. The second-order valence-electron chi connectivity index (χ2n) is 2.69. The lowest BCUT2D eigenvalue weighted by Gasteiger charge is -2.00. The number of benzene rings is 1. The van der Waals surface area contributed by atoms with E-state index in [1.54, 1.807) is 0 Å². The van der Waals surface area contributed by atoms with Crippen LogP contribution < -0.4 is 5.73 Å². The number of nitrogen functional groups attached to an aromatic ring is 1. The molecule has 0 aliphatic carbocycles. The summed E-state index contributed by atoms with van der Waals surface area (Å²) in [6, 6.07) is 1.95. The van der Waals surface area contributed by atoms with Crippen LogP contribution in [0.2, 0.25) is 0 Å². The van der Waals surface area contributed by atoms with Crippen molar-refractivity contribution in [3.63, 3.8) is 0 Å². The molecular weight excluding hydrogens is 272 g/mol. The van der Waals surface area contributed by atoms with Crippen LogP contribution in [0.15, 0.2) is 21.0 Å². The van der Waals surface area contributed by atoms with E-state index in [9.17, 15) is 8.78 Å². The van der Waals surface area contributed by atoms with Gasteiger partial charge in [0.15, 0.2) is 0 Å². The Labute approximate surface area is 91.2 Å². The zero-order valence-electron chi connectivity index (χ0n) is 7.17. The van der Waals surface area contributed by atoms with Crippen LogP contribution in [0, 0.1) is 11.6 Å². The topological polar surface area (TPSA) is 64.9 Å². The average molecular weight is 276 g/mol. The highest BCUT2D eigenvalue weighted by molar-refractivity contribution is 9.10. The Hall–Kier alpha value is -1.50. The standard InChI is InChI=1S/C8H4BrF2N3O/c9-3-1-4(10)6(5(11)2-3)7-13-14-8(12)15-7/h1-2H,(H2,12,14). The van der Waals surface area contributed by atoms with Gasteiger partial charge in [-0.05, 0) is 12.1 Å². The maximum Gasteiger partial charge on any atom is 0.313 e. The van der Waals surface area contributed by atoms with Crippen molar-refractivity contribution in [1.29, 1.82) is 0 Å². The minimum absolute atomic E-state index is 0.244. The molecule has 78 valence electrons. The highest BCUT2D eigenvalue weighted by atomic mass is 79.9. The van der Waals surface area contributed by atoms with Gasteiger partial charge in [-0.15, -0.1) is 5.10 Å². The minimum Gasteiger partial charge on any atom is -0.403 e. The van der Waals surface area contributed by atoms with E-state index >= 15 is 0 Å². The van der Waals surface area contributed by atoms with Crippen molar-refractivity contribution in [2.75, 3.05) is 5.73 Å². The van der Waals surface area contributed by atoms with E-state index in [2.05, 4.69) is 26.1 Å². The highest BCUT2D eigenvalue weighted by Crippen LogP contribution is 2.28. The van der Waals surface area contributed by atoms with E-state index in [4.69, 9.17) is 10.2 Å². The fourth-order valence-electron chi connectivity index (χ4n) is 1.08. The van der Waals surface area contributed by atoms with Gasteiger partial charge >= 0.3 is 6.01 Å². The molecule has 2 rings (SSSR count). The van der Waals surface area contributed by atoms with Gasteiger partial charge in [-0.3, -0.25) is 0 Å². The number of hydrogen-bond acceptors (Lipinski definition) is 4.